The minimum Gasteiger partial charge on any atom is -0.508 e. The normalized spacial score (nSPS) is 11.9. The Hall–Kier alpha value is -1.71. The van der Waals surface area contributed by atoms with E-state index in [1.165, 1.54) is 12.1 Å². The van der Waals surface area contributed by atoms with E-state index in [2.05, 4.69) is 6.92 Å². The van der Waals surface area contributed by atoms with Crippen molar-refractivity contribution >= 4 is 5.97 Å². The molecule has 0 bridgehead atoms. The number of ether oxygens (including phenoxy) is 2. The summed E-state index contributed by atoms with van der Waals surface area (Å²) in [5.41, 5.74) is 0. The van der Waals surface area contributed by atoms with E-state index in [-0.39, 0.29) is 11.7 Å². The van der Waals surface area contributed by atoms with Gasteiger partial charge in [0.05, 0.1) is 6.61 Å². The van der Waals surface area contributed by atoms with E-state index in [4.69, 9.17) is 14.6 Å². The van der Waals surface area contributed by atoms with Crippen molar-refractivity contribution in [3.05, 3.63) is 24.3 Å². The average molecular weight is 266 g/mol. The Labute approximate surface area is 114 Å². The third-order valence-corrected chi connectivity index (χ3v) is 2.72. The first-order chi connectivity index (χ1) is 9.13. The van der Waals surface area contributed by atoms with E-state index in [1.807, 2.05) is 0 Å². The largest absolute Gasteiger partial charge is 0.508 e. The highest BCUT2D eigenvalue weighted by molar-refractivity contribution is 5.74. The molecule has 0 spiro atoms. The molecule has 0 saturated heterocycles. The summed E-state index contributed by atoms with van der Waals surface area (Å²) in [5, 5.41) is 9.14. The van der Waals surface area contributed by atoms with Crippen LogP contribution in [-0.2, 0) is 9.53 Å². The fourth-order valence-electron chi connectivity index (χ4n) is 1.60. The smallest absolute Gasteiger partial charge is 0.347 e. The molecule has 106 valence electrons. The van der Waals surface area contributed by atoms with Crippen molar-refractivity contribution in [2.45, 2.75) is 45.6 Å². The van der Waals surface area contributed by atoms with Gasteiger partial charge >= 0.3 is 5.97 Å². The summed E-state index contributed by atoms with van der Waals surface area (Å²) in [4.78, 5) is 11.7. The molecule has 4 heteroatoms. The molecule has 0 heterocycles. The standard InChI is InChI=1S/C15H22O4/c1-3-4-5-6-11-18-15(17)12(2)19-14-9-7-13(16)8-10-14/h7-10,12,16H,3-6,11H2,1-2H3. The van der Waals surface area contributed by atoms with Gasteiger partial charge in [-0.1, -0.05) is 26.2 Å². The first kappa shape index (κ1) is 15.3. The number of carbonyl (C=O) groups is 1. The maximum atomic E-state index is 11.7. The van der Waals surface area contributed by atoms with Crippen LogP contribution in [0.15, 0.2) is 24.3 Å². The summed E-state index contributed by atoms with van der Waals surface area (Å²) in [5.74, 6) is 0.344. The Morgan fingerprint density at radius 1 is 1.21 bits per heavy atom. The second-order valence-electron chi connectivity index (χ2n) is 4.48. The van der Waals surface area contributed by atoms with Gasteiger partial charge in [-0.25, -0.2) is 4.79 Å². The van der Waals surface area contributed by atoms with Crippen LogP contribution in [0.1, 0.15) is 39.5 Å². The molecule has 0 aliphatic heterocycles. The number of esters is 1. The lowest BCUT2D eigenvalue weighted by Crippen LogP contribution is -2.26. The molecule has 19 heavy (non-hydrogen) atoms. The number of hydrogen-bond donors (Lipinski definition) is 1. The molecule has 0 aliphatic rings. The Kier molecular flexibility index (Phi) is 6.79. The summed E-state index contributed by atoms with van der Waals surface area (Å²) < 4.78 is 10.6. The van der Waals surface area contributed by atoms with Crippen molar-refractivity contribution in [2.75, 3.05) is 6.61 Å². The predicted molar refractivity (Wildman–Crippen MR) is 73.3 cm³/mol. The minimum absolute atomic E-state index is 0.165. The zero-order valence-corrected chi connectivity index (χ0v) is 11.6. The van der Waals surface area contributed by atoms with E-state index in [9.17, 15) is 4.79 Å². The van der Waals surface area contributed by atoms with Crippen molar-refractivity contribution < 1.29 is 19.4 Å². The lowest BCUT2D eigenvalue weighted by atomic mass is 10.2. The molecule has 1 rings (SSSR count). The molecule has 1 aromatic rings. The van der Waals surface area contributed by atoms with Crippen LogP contribution in [0.4, 0.5) is 0 Å². The van der Waals surface area contributed by atoms with Crippen molar-refractivity contribution in [1.29, 1.82) is 0 Å². The van der Waals surface area contributed by atoms with Crippen LogP contribution in [-0.4, -0.2) is 23.8 Å². The number of phenols is 1. The molecular weight excluding hydrogens is 244 g/mol. The van der Waals surface area contributed by atoms with E-state index in [0.29, 0.717) is 12.4 Å². The van der Waals surface area contributed by atoms with Crippen LogP contribution in [0.3, 0.4) is 0 Å². The van der Waals surface area contributed by atoms with E-state index in [1.54, 1.807) is 19.1 Å². The van der Waals surface area contributed by atoms with Crippen molar-refractivity contribution in [3.63, 3.8) is 0 Å². The van der Waals surface area contributed by atoms with Crippen LogP contribution in [0.25, 0.3) is 0 Å². The number of hydrogen-bond acceptors (Lipinski definition) is 4. The number of unbranched alkanes of at least 4 members (excludes halogenated alkanes) is 3. The zero-order valence-electron chi connectivity index (χ0n) is 11.6. The number of rotatable bonds is 8. The van der Waals surface area contributed by atoms with Gasteiger partial charge < -0.3 is 14.6 Å². The van der Waals surface area contributed by atoms with Crippen molar-refractivity contribution in [3.8, 4) is 11.5 Å². The summed E-state index contributed by atoms with van der Waals surface area (Å²) >= 11 is 0. The van der Waals surface area contributed by atoms with Gasteiger partial charge in [0.2, 0.25) is 0 Å². The quantitative estimate of drug-likeness (QED) is 0.579. The second kappa shape index (κ2) is 8.40. The number of benzene rings is 1. The van der Waals surface area contributed by atoms with Crippen LogP contribution < -0.4 is 4.74 Å². The second-order valence-corrected chi connectivity index (χ2v) is 4.48. The van der Waals surface area contributed by atoms with E-state index in [0.717, 1.165) is 25.7 Å². The van der Waals surface area contributed by atoms with Gasteiger partial charge in [0.25, 0.3) is 0 Å². The topological polar surface area (TPSA) is 55.8 Å². The zero-order chi connectivity index (χ0) is 14.1. The highest BCUT2D eigenvalue weighted by Gasteiger charge is 2.15. The number of carbonyl (C=O) groups excluding carboxylic acids is 1. The molecule has 1 unspecified atom stereocenters. The monoisotopic (exact) mass is 266 g/mol. The Morgan fingerprint density at radius 2 is 1.89 bits per heavy atom. The first-order valence-corrected chi connectivity index (χ1v) is 6.75. The number of aromatic hydroxyl groups is 1. The lowest BCUT2D eigenvalue weighted by molar-refractivity contribution is -0.151. The van der Waals surface area contributed by atoms with Crippen LogP contribution in [0.2, 0.25) is 0 Å². The molecule has 0 saturated carbocycles. The van der Waals surface area contributed by atoms with E-state index >= 15 is 0 Å². The summed E-state index contributed by atoms with van der Waals surface area (Å²) in [6, 6.07) is 6.25. The molecule has 0 amide bonds. The fourth-order valence-corrected chi connectivity index (χ4v) is 1.60. The van der Waals surface area contributed by atoms with Crippen molar-refractivity contribution in [2.24, 2.45) is 0 Å². The molecule has 1 N–H and O–H groups in total. The maximum Gasteiger partial charge on any atom is 0.347 e. The lowest BCUT2D eigenvalue weighted by Gasteiger charge is -2.14. The summed E-state index contributed by atoms with van der Waals surface area (Å²) in [7, 11) is 0. The average Bonchev–Trinajstić information content (AvgIpc) is 2.41. The predicted octanol–water partition coefficient (Wildman–Crippen LogP) is 3.28. The third-order valence-electron chi connectivity index (χ3n) is 2.72. The molecule has 1 aromatic carbocycles. The Balaban J connectivity index is 2.26. The Morgan fingerprint density at radius 3 is 2.53 bits per heavy atom. The highest BCUT2D eigenvalue weighted by atomic mass is 16.6. The SMILES string of the molecule is CCCCCCOC(=O)C(C)Oc1ccc(O)cc1. The van der Waals surface area contributed by atoms with Gasteiger partial charge in [-0.2, -0.15) is 0 Å². The van der Waals surface area contributed by atoms with Gasteiger partial charge in [-0.3, -0.25) is 0 Å². The molecule has 1 atom stereocenters. The van der Waals surface area contributed by atoms with Gasteiger partial charge in [0.1, 0.15) is 11.5 Å². The molecular formula is C15H22O4. The summed E-state index contributed by atoms with van der Waals surface area (Å²) in [6.07, 6.45) is 3.66. The first-order valence-electron chi connectivity index (χ1n) is 6.75. The molecule has 0 fully saturated rings. The van der Waals surface area contributed by atoms with E-state index < -0.39 is 6.10 Å². The van der Waals surface area contributed by atoms with Gasteiger partial charge in [-0.05, 0) is 37.6 Å². The van der Waals surface area contributed by atoms with Crippen LogP contribution >= 0.6 is 0 Å². The van der Waals surface area contributed by atoms with Gasteiger partial charge in [0.15, 0.2) is 6.10 Å². The van der Waals surface area contributed by atoms with Crippen LogP contribution in [0.5, 0.6) is 11.5 Å². The Bertz CT molecular complexity index is 372. The fraction of sp³-hybridized carbons (Fsp3) is 0.533. The maximum absolute atomic E-state index is 11.7. The van der Waals surface area contributed by atoms with Gasteiger partial charge in [-0.15, -0.1) is 0 Å². The van der Waals surface area contributed by atoms with Crippen molar-refractivity contribution in [1.82, 2.24) is 0 Å². The van der Waals surface area contributed by atoms with Gasteiger partial charge in [0, 0.05) is 0 Å². The molecule has 0 aromatic heterocycles. The number of phenolic OH excluding ortho intramolecular Hbond substituents is 1. The minimum atomic E-state index is -0.643. The molecule has 4 nitrogen and oxygen atoms in total. The molecule has 0 aliphatic carbocycles. The highest BCUT2D eigenvalue weighted by Crippen LogP contribution is 2.17. The van der Waals surface area contributed by atoms with Crippen LogP contribution in [0, 0.1) is 0 Å². The third kappa shape index (κ3) is 6.13. The molecule has 0 radical (unpaired) electrons. The summed E-state index contributed by atoms with van der Waals surface area (Å²) in [6.45, 7) is 4.24.